The predicted molar refractivity (Wildman–Crippen MR) is 93.6 cm³/mol. The highest BCUT2D eigenvalue weighted by Gasteiger charge is 2.34. The summed E-state index contributed by atoms with van der Waals surface area (Å²) in [5.41, 5.74) is 2.21. The van der Waals surface area contributed by atoms with Crippen molar-refractivity contribution >= 4 is 5.91 Å². The van der Waals surface area contributed by atoms with Gasteiger partial charge in [-0.25, -0.2) is 8.78 Å². The van der Waals surface area contributed by atoms with Gasteiger partial charge in [-0.3, -0.25) is 4.79 Å². The number of aromatic nitrogens is 2. The molecule has 0 radical (unpaired) electrons. The van der Waals surface area contributed by atoms with Crippen LogP contribution in [0.15, 0.2) is 47.0 Å². The Balaban J connectivity index is 1.49. The van der Waals surface area contributed by atoms with Crippen LogP contribution in [0.4, 0.5) is 8.78 Å². The molecular weight excluding hydrogens is 352 g/mol. The molecule has 1 aliphatic rings. The molecule has 2 heterocycles. The Morgan fingerprint density at radius 1 is 1.22 bits per heavy atom. The zero-order chi connectivity index (χ0) is 19.0. The molecule has 1 aliphatic heterocycles. The number of carbonyl (C=O) groups is 1. The molecular formula is C20H17F2N3O2. The van der Waals surface area contributed by atoms with E-state index in [1.165, 1.54) is 17.0 Å². The normalized spacial score (nSPS) is 16.9. The van der Waals surface area contributed by atoms with E-state index >= 15 is 0 Å². The van der Waals surface area contributed by atoms with Crippen LogP contribution in [0, 0.1) is 18.6 Å². The number of halogens is 2. The quantitative estimate of drug-likeness (QED) is 0.701. The van der Waals surface area contributed by atoms with Gasteiger partial charge < -0.3 is 9.42 Å². The fourth-order valence-corrected chi connectivity index (χ4v) is 3.25. The molecule has 5 nitrogen and oxygen atoms in total. The Morgan fingerprint density at radius 2 is 2.07 bits per heavy atom. The van der Waals surface area contributed by atoms with Crippen LogP contribution in [0.5, 0.6) is 0 Å². The molecule has 3 aromatic rings. The second kappa shape index (κ2) is 6.90. The van der Waals surface area contributed by atoms with Gasteiger partial charge in [0.25, 0.3) is 0 Å². The van der Waals surface area contributed by atoms with Gasteiger partial charge in [0.2, 0.25) is 17.6 Å². The molecule has 1 amide bonds. The predicted octanol–water partition coefficient (Wildman–Crippen LogP) is 3.84. The largest absolute Gasteiger partial charge is 0.339 e. The number of aryl methyl sites for hydroxylation is 1. The van der Waals surface area contributed by atoms with E-state index in [1.54, 1.807) is 0 Å². The molecule has 7 heteroatoms. The summed E-state index contributed by atoms with van der Waals surface area (Å²) in [7, 11) is 0. The zero-order valence-corrected chi connectivity index (χ0v) is 14.7. The van der Waals surface area contributed by atoms with Crippen molar-refractivity contribution in [2.45, 2.75) is 25.8 Å². The van der Waals surface area contributed by atoms with Gasteiger partial charge in [0.05, 0.1) is 5.92 Å². The number of carbonyl (C=O) groups excluding carboxylic acids is 1. The van der Waals surface area contributed by atoms with Crippen LogP contribution in [0.2, 0.25) is 0 Å². The van der Waals surface area contributed by atoms with Gasteiger partial charge in [-0.05, 0) is 19.1 Å². The fourth-order valence-electron chi connectivity index (χ4n) is 3.25. The van der Waals surface area contributed by atoms with Crippen LogP contribution < -0.4 is 0 Å². The Hall–Kier alpha value is -3.09. The summed E-state index contributed by atoms with van der Waals surface area (Å²) in [6.07, 6.45) is 0.221. The van der Waals surface area contributed by atoms with Gasteiger partial charge in [0.1, 0.15) is 11.6 Å². The minimum absolute atomic E-state index is 0.0837. The molecule has 0 spiro atoms. The molecule has 1 fully saturated rings. The van der Waals surface area contributed by atoms with Crippen molar-refractivity contribution in [3.05, 3.63) is 71.1 Å². The third-order valence-corrected chi connectivity index (χ3v) is 4.66. The van der Waals surface area contributed by atoms with Crippen molar-refractivity contribution in [3.63, 3.8) is 0 Å². The van der Waals surface area contributed by atoms with E-state index in [-0.39, 0.29) is 30.4 Å². The zero-order valence-electron chi connectivity index (χ0n) is 14.7. The number of benzene rings is 2. The lowest BCUT2D eigenvalue weighted by Crippen LogP contribution is -2.25. The Bertz CT molecular complexity index is 1000. The SMILES string of the molecule is Cc1cccc(-c2noc(C3CC(=O)N(Cc4ccc(F)cc4F)C3)n2)c1. The van der Waals surface area contributed by atoms with E-state index in [1.807, 2.05) is 31.2 Å². The minimum Gasteiger partial charge on any atom is -0.339 e. The number of hydrogen-bond donors (Lipinski definition) is 0. The molecule has 4 rings (SSSR count). The van der Waals surface area contributed by atoms with Crippen LogP contribution >= 0.6 is 0 Å². The molecule has 1 unspecified atom stereocenters. The summed E-state index contributed by atoms with van der Waals surface area (Å²) in [6, 6.07) is 11.1. The number of nitrogens with zero attached hydrogens (tertiary/aromatic N) is 3. The van der Waals surface area contributed by atoms with E-state index in [4.69, 9.17) is 4.52 Å². The first-order valence-corrected chi connectivity index (χ1v) is 8.62. The maximum Gasteiger partial charge on any atom is 0.232 e. The Labute approximate surface area is 154 Å². The third kappa shape index (κ3) is 3.58. The summed E-state index contributed by atoms with van der Waals surface area (Å²) in [5.74, 6) is -0.806. The molecule has 1 aromatic heterocycles. The van der Waals surface area contributed by atoms with Crippen molar-refractivity contribution in [2.75, 3.05) is 6.54 Å². The lowest BCUT2D eigenvalue weighted by atomic mass is 10.1. The molecule has 0 saturated carbocycles. The lowest BCUT2D eigenvalue weighted by molar-refractivity contribution is -0.128. The van der Waals surface area contributed by atoms with Crippen LogP contribution in [0.25, 0.3) is 11.4 Å². The molecule has 2 aromatic carbocycles. The molecule has 0 N–H and O–H groups in total. The summed E-state index contributed by atoms with van der Waals surface area (Å²) in [4.78, 5) is 18.3. The molecule has 1 atom stereocenters. The van der Waals surface area contributed by atoms with Gasteiger partial charge in [-0.1, -0.05) is 35.0 Å². The molecule has 0 bridgehead atoms. The molecule has 138 valence electrons. The first kappa shape index (κ1) is 17.3. The number of amides is 1. The van der Waals surface area contributed by atoms with Crippen LogP contribution in [-0.4, -0.2) is 27.5 Å². The van der Waals surface area contributed by atoms with Gasteiger partial charge in [-0.2, -0.15) is 4.98 Å². The minimum atomic E-state index is -0.661. The molecule has 1 saturated heterocycles. The maximum atomic E-state index is 13.9. The van der Waals surface area contributed by atoms with E-state index in [0.29, 0.717) is 18.3 Å². The Morgan fingerprint density at radius 3 is 2.85 bits per heavy atom. The van der Waals surface area contributed by atoms with Crippen molar-refractivity contribution in [1.29, 1.82) is 0 Å². The third-order valence-electron chi connectivity index (χ3n) is 4.66. The number of hydrogen-bond acceptors (Lipinski definition) is 4. The molecule has 27 heavy (non-hydrogen) atoms. The first-order valence-electron chi connectivity index (χ1n) is 8.62. The second-order valence-electron chi connectivity index (χ2n) is 6.74. The highest BCUT2D eigenvalue weighted by molar-refractivity contribution is 5.79. The molecule has 0 aliphatic carbocycles. The standard InChI is InChI=1S/C20H17F2N3O2/c1-12-3-2-4-13(7-12)19-23-20(27-24-19)15-8-18(26)25(11-15)10-14-5-6-16(21)9-17(14)22/h2-7,9,15H,8,10-11H2,1H3. The van der Waals surface area contributed by atoms with Gasteiger partial charge >= 0.3 is 0 Å². The van der Waals surface area contributed by atoms with E-state index < -0.39 is 11.6 Å². The highest BCUT2D eigenvalue weighted by Crippen LogP contribution is 2.30. The van der Waals surface area contributed by atoms with Gasteiger partial charge in [-0.15, -0.1) is 0 Å². The first-order chi connectivity index (χ1) is 13.0. The summed E-state index contributed by atoms with van der Waals surface area (Å²) in [6.45, 7) is 2.41. The smallest absolute Gasteiger partial charge is 0.232 e. The Kier molecular flexibility index (Phi) is 4.43. The van der Waals surface area contributed by atoms with Gasteiger partial charge in [0, 0.05) is 36.7 Å². The summed E-state index contributed by atoms with van der Waals surface area (Å²) < 4.78 is 32.3. The number of rotatable bonds is 4. The highest BCUT2D eigenvalue weighted by atomic mass is 19.1. The number of likely N-dealkylation sites (tertiary alicyclic amines) is 1. The van der Waals surface area contributed by atoms with Gasteiger partial charge in [0.15, 0.2) is 0 Å². The topological polar surface area (TPSA) is 59.2 Å². The lowest BCUT2D eigenvalue weighted by Gasteiger charge is -2.16. The van der Waals surface area contributed by atoms with Crippen molar-refractivity contribution in [2.24, 2.45) is 0 Å². The second-order valence-corrected chi connectivity index (χ2v) is 6.74. The van der Waals surface area contributed by atoms with Crippen molar-refractivity contribution < 1.29 is 18.1 Å². The van der Waals surface area contributed by atoms with E-state index in [9.17, 15) is 13.6 Å². The van der Waals surface area contributed by atoms with Crippen LogP contribution in [-0.2, 0) is 11.3 Å². The summed E-state index contributed by atoms with van der Waals surface area (Å²) in [5, 5.41) is 4.01. The van der Waals surface area contributed by atoms with Crippen molar-refractivity contribution in [3.8, 4) is 11.4 Å². The van der Waals surface area contributed by atoms with Crippen molar-refractivity contribution in [1.82, 2.24) is 15.0 Å². The maximum absolute atomic E-state index is 13.9. The van der Waals surface area contributed by atoms with E-state index in [2.05, 4.69) is 10.1 Å². The van der Waals surface area contributed by atoms with E-state index in [0.717, 1.165) is 17.2 Å². The van der Waals surface area contributed by atoms with Crippen LogP contribution in [0.1, 0.15) is 29.4 Å². The van der Waals surface area contributed by atoms with Crippen LogP contribution in [0.3, 0.4) is 0 Å². The summed E-state index contributed by atoms with van der Waals surface area (Å²) >= 11 is 0. The average molecular weight is 369 g/mol. The monoisotopic (exact) mass is 369 g/mol. The average Bonchev–Trinajstić information content (AvgIpc) is 3.25. The fraction of sp³-hybridized carbons (Fsp3) is 0.250.